The van der Waals surface area contributed by atoms with Crippen molar-refractivity contribution in [3.05, 3.63) is 156 Å². The van der Waals surface area contributed by atoms with Crippen molar-refractivity contribution in [1.82, 2.24) is 19.9 Å². The van der Waals surface area contributed by atoms with Gasteiger partial charge in [-0.05, 0) is 40.5 Å². The molecule has 3 aliphatic rings. The molecule has 42 heavy (non-hydrogen) atoms. The Morgan fingerprint density at radius 3 is 2.26 bits per heavy atom. The molecule has 200 valence electrons. The second kappa shape index (κ2) is 10.3. The third-order valence-electron chi connectivity index (χ3n) is 8.44. The third-order valence-corrected chi connectivity index (χ3v) is 8.44. The summed E-state index contributed by atoms with van der Waals surface area (Å²) in [6.45, 7) is 0. The van der Waals surface area contributed by atoms with Crippen molar-refractivity contribution in [3.63, 3.8) is 0 Å². The number of hydrogen-bond donors (Lipinski definition) is 0. The first-order valence-corrected chi connectivity index (χ1v) is 14.5. The molecule has 3 atom stereocenters. The fourth-order valence-corrected chi connectivity index (χ4v) is 6.18. The van der Waals surface area contributed by atoms with Crippen LogP contribution in [0.4, 0.5) is 0 Å². The van der Waals surface area contributed by atoms with E-state index in [1.807, 2.05) is 12.3 Å². The van der Waals surface area contributed by atoms with E-state index in [9.17, 15) is 0 Å². The SMILES string of the molecule is C1=CC2C=CC(c3nc(-c4ccc(C5CC=Cc6cccnc65)cc4)nc(-c4ccc5ccccc5c4)n3)=CC2C=C1. The molecule has 0 saturated heterocycles. The van der Waals surface area contributed by atoms with E-state index in [2.05, 4.69) is 127 Å². The van der Waals surface area contributed by atoms with Gasteiger partial charge in [0.1, 0.15) is 0 Å². The molecule has 0 spiro atoms. The minimum absolute atomic E-state index is 0.241. The summed E-state index contributed by atoms with van der Waals surface area (Å²) in [6, 6.07) is 27.6. The Balaban J connectivity index is 1.21. The minimum Gasteiger partial charge on any atom is -0.260 e. The first-order chi connectivity index (χ1) is 20.8. The normalized spacial score (nSPS) is 20.3. The molecule has 3 aliphatic carbocycles. The van der Waals surface area contributed by atoms with Crippen LogP contribution in [0, 0.1) is 11.8 Å². The highest BCUT2D eigenvalue weighted by Gasteiger charge is 2.22. The summed E-state index contributed by atoms with van der Waals surface area (Å²) in [5, 5.41) is 2.36. The molecule has 2 heterocycles. The van der Waals surface area contributed by atoms with E-state index in [4.69, 9.17) is 19.9 Å². The van der Waals surface area contributed by atoms with Gasteiger partial charge >= 0.3 is 0 Å². The van der Waals surface area contributed by atoms with Gasteiger partial charge in [0.05, 0.1) is 5.69 Å². The summed E-state index contributed by atoms with van der Waals surface area (Å²) in [4.78, 5) is 19.8. The Morgan fingerprint density at radius 2 is 1.38 bits per heavy atom. The highest BCUT2D eigenvalue weighted by atomic mass is 15.0. The largest absolute Gasteiger partial charge is 0.260 e. The minimum atomic E-state index is 0.241. The van der Waals surface area contributed by atoms with Crippen molar-refractivity contribution in [2.24, 2.45) is 11.8 Å². The van der Waals surface area contributed by atoms with Crippen molar-refractivity contribution < 1.29 is 0 Å². The monoisotopic (exact) mass is 540 g/mol. The van der Waals surface area contributed by atoms with Crippen LogP contribution in [0.3, 0.4) is 0 Å². The smallest absolute Gasteiger partial charge is 0.164 e. The van der Waals surface area contributed by atoms with Gasteiger partial charge in [0.25, 0.3) is 0 Å². The molecule has 3 unspecified atom stereocenters. The Morgan fingerprint density at radius 1 is 0.619 bits per heavy atom. The van der Waals surface area contributed by atoms with Crippen LogP contribution in [0.15, 0.2) is 134 Å². The van der Waals surface area contributed by atoms with E-state index in [0.717, 1.165) is 34.2 Å². The molecule has 0 N–H and O–H groups in total. The third kappa shape index (κ3) is 4.51. The lowest BCUT2D eigenvalue weighted by Gasteiger charge is -2.23. The number of aromatic nitrogens is 4. The van der Waals surface area contributed by atoms with Crippen LogP contribution in [-0.2, 0) is 0 Å². The number of pyridine rings is 1. The Hall–Kier alpha value is -5.22. The number of fused-ring (bicyclic) bond motifs is 3. The van der Waals surface area contributed by atoms with E-state index in [1.54, 1.807) is 0 Å². The van der Waals surface area contributed by atoms with Gasteiger partial charge in [0.15, 0.2) is 17.5 Å². The van der Waals surface area contributed by atoms with Gasteiger partial charge in [0.2, 0.25) is 0 Å². The van der Waals surface area contributed by atoms with E-state index in [-0.39, 0.29) is 5.92 Å². The molecular weight excluding hydrogens is 512 g/mol. The van der Waals surface area contributed by atoms with Crippen LogP contribution in [0.25, 0.3) is 45.2 Å². The number of hydrogen-bond acceptors (Lipinski definition) is 4. The van der Waals surface area contributed by atoms with Crippen LogP contribution in [-0.4, -0.2) is 19.9 Å². The first kappa shape index (κ1) is 24.6. The van der Waals surface area contributed by atoms with Crippen LogP contribution in [0.1, 0.15) is 35.0 Å². The lowest BCUT2D eigenvalue weighted by atomic mass is 9.83. The Labute approximate surface area is 245 Å². The van der Waals surface area contributed by atoms with Gasteiger partial charge in [-0.25, -0.2) is 15.0 Å². The summed E-state index contributed by atoms with van der Waals surface area (Å²) in [5.41, 5.74) is 6.54. The lowest BCUT2D eigenvalue weighted by molar-refractivity contribution is 0.662. The van der Waals surface area contributed by atoms with Crippen molar-refractivity contribution >= 4 is 22.4 Å². The van der Waals surface area contributed by atoms with Gasteiger partial charge in [-0.15, -0.1) is 0 Å². The van der Waals surface area contributed by atoms with Crippen molar-refractivity contribution in [3.8, 4) is 22.8 Å². The lowest BCUT2D eigenvalue weighted by Crippen LogP contribution is -2.12. The molecule has 4 nitrogen and oxygen atoms in total. The van der Waals surface area contributed by atoms with Gasteiger partial charge < -0.3 is 0 Å². The number of nitrogens with zero attached hydrogens (tertiary/aromatic N) is 4. The summed E-state index contributed by atoms with van der Waals surface area (Å²) >= 11 is 0. The average Bonchev–Trinajstić information content (AvgIpc) is 3.07. The Kier molecular flexibility index (Phi) is 6.03. The molecule has 2 aromatic heterocycles. The predicted octanol–water partition coefficient (Wildman–Crippen LogP) is 8.61. The first-order valence-electron chi connectivity index (χ1n) is 14.5. The fraction of sp³-hybridized carbons (Fsp3) is 0.105. The molecule has 0 bridgehead atoms. The molecule has 4 heteroatoms. The van der Waals surface area contributed by atoms with Crippen LogP contribution >= 0.6 is 0 Å². The number of benzene rings is 3. The zero-order valence-electron chi connectivity index (χ0n) is 23.0. The van der Waals surface area contributed by atoms with E-state index in [0.29, 0.717) is 29.3 Å². The van der Waals surface area contributed by atoms with E-state index >= 15 is 0 Å². The topological polar surface area (TPSA) is 51.6 Å². The summed E-state index contributed by atoms with van der Waals surface area (Å²) in [7, 11) is 0. The maximum atomic E-state index is 5.02. The van der Waals surface area contributed by atoms with Gasteiger partial charge in [0, 0.05) is 40.7 Å². The number of allylic oxidation sites excluding steroid dienone is 9. The second-order valence-corrected chi connectivity index (χ2v) is 11.1. The van der Waals surface area contributed by atoms with Gasteiger partial charge in [-0.1, -0.05) is 121 Å². The maximum absolute atomic E-state index is 5.02. The molecular formula is C38H28N4. The predicted molar refractivity (Wildman–Crippen MR) is 170 cm³/mol. The standard InChI is InChI=1S/C38H28N4/c1-3-9-30-23-32(20-14-25(30)7-1)37-40-36(41-38(42-37)33-21-15-26-8-2-4-10-31(26)24-33)29-18-16-27(17-19-29)34-13-5-11-28-12-6-22-39-35(28)34/h1-12,14-25,30,34H,13H2. The fourth-order valence-electron chi connectivity index (χ4n) is 6.18. The highest BCUT2D eigenvalue weighted by Crippen LogP contribution is 2.36. The summed E-state index contributed by atoms with van der Waals surface area (Å²) in [6.07, 6.45) is 22.6. The van der Waals surface area contributed by atoms with E-state index in [1.165, 1.54) is 16.5 Å². The molecule has 0 radical (unpaired) electrons. The maximum Gasteiger partial charge on any atom is 0.164 e. The zero-order valence-corrected chi connectivity index (χ0v) is 23.0. The van der Waals surface area contributed by atoms with E-state index < -0.39 is 0 Å². The quantitative estimate of drug-likeness (QED) is 0.229. The van der Waals surface area contributed by atoms with Gasteiger partial charge in [-0.2, -0.15) is 0 Å². The van der Waals surface area contributed by atoms with Crippen molar-refractivity contribution in [1.29, 1.82) is 0 Å². The second-order valence-electron chi connectivity index (χ2n) is 11.1. The molecule has 8 rings (SSSR count). The molecule has 0 saturated carbocycles. The number of rotatable bonds is 4. The molecule has 3 aromatic carbocycles. The van der Waals surface area contributed by atoms with Crippen LogP contribution in [0.2, 0.25) is 0 Å². The molecule has 0 aliphatic heterocycles. The van der Waals surface area contributed by atoms with Crippen molar-refractivity contribution in [2.45, 2.75) is 12.3 Å². The zero-order chi connectivity index (χ0) is 27.9. The molecule has 0 fully saturated rings. The van der Waals surface area contributed by atoms with Gasteiger partial charge in [-0.3, -0.25) is 4.98 Å². The van der Waals surface area contributed by atoms with Crippen LogP contribution in [0.5, 0.6) is 0 Å². The molecule has 0 amide bonds. The van der Waals surface area contributed by atoms with Crippen molar-refractivity contribution in [2.75, 3.05) is 0 Å². The summed E-state index contributed by atoms with van der Waals surface area (Å²) < 4.78 is 0. The Bertz CT molecular complexity index is 1980. The molecule has 5 aromatic rings. The average molecular weight is 541 g/mol. The van der Waals surface area contributed by atoms with Crippen LogP contribution < -0.4 is 0 Å². The summed E-state index contributed by atoms with van der Waals surface area (Å²) in [5.74, 6) is 2.97. The highest BCUT2D eigenvalue weighted by molar-refractivity contribution is 5.86.